The zero-order chi connectivity index (χ0) is 20.7. The quantitative estimate of drug-likeness (QED) is 0.806. The van der Waals surface area contributed by atoms with Crippen LogP contribution in [-0.4, -0.2) is 52.2 Å². The lowest BCUT2D eigenvalue weighted by Crippen LogP contribution is -2.38. The van der Waals surface area contributed by atoms with E-state index in [0.29, 0.717) is 42.4 Å². The smallest absolute Gasteiger partial charge is 0.416 e. The number of imidazole rings is 1. The first-order valence-electron chi connectivity index (χ1n) is 9.08. The van der Waals surface area contributed by atoms with Crippen LogP contribution in [0.3, 0.4) is 0 Å². The molecule has 1 saturated heterocycles. The molecule has 2 aliphatic heterocycles. The fraction of sp³-hybridized carbons (Fsp3) is 0.444. The molecule has 0 aromatic carbocycles. The normalized spacial score (nSPS) is 19.2. The van der Waals surface area contributed by atoms with Gasteiger partial charge in [0.25, 0.3) is 6.43 Å². The zero-order valence-electron chi connectivity index (χ0n) is 15.5. The number of aromatic nitrogens is 3. The van der Waals surface area contributed by atoms with Gasteiger partial charge in [0, 0.05) is 36.5 Å². The van der Waals surface area contributed by atoms with Crippen molar-refractivity contribution in [3.05, 3.63) is 24.2 Å². The third-order valence-electron chi connectivity index (χ3n) is 4.96. The van der Waals surface area contributed by atoms with Crippen LogP contribution in [0.15, 0.2) is 18.5 Å². The van der Waals surface area contributed by atoms with Gasteiger partial charge in [0.05, 0.1) is 12.1 Å². The maximum absolute atomic E-state index is 13.3. The number of fused-ring (bicyclic) bond motifs is 3. The molecule has 2 amide bonds. The van der Waals surface area contributed by atoms with E-state index in [4.69, 9.17) is 15.2 Å². The number of primary amides is 1. The van der Waals surface area contributed by atoms with Crippen LogP contribution < -0.4 is 15.4 Å². The van der Waals surface area contributed by atoms with E-state index < -0.39 is 24.5 Å². The van der Waals surface area contributed by atoms with Crippen molar-refractivity contribution >= 4 is 17.8 Å². The van der Waals surface area contributed by atoms with Crippen LogP contribution >= 0.6 is 0 Å². The standard InChI is InChI=1S/C18H19F2N5O4/c1-9(16(21)26)4-10-5-13-11(6-22-10)17-23-14(7-24(17)2-3-28-13)25-12(15(19)20)8-29-18(25)27/h5-7,9,12,15H,2-4,8H2,1H3,(H2,21,26)/t9-,12+/m1/s1. The highest BCUT2D eigenvalue weighted by molar-refractivity contribution is 5.89. The monoisotopic (exact) mass is 407 g/mol. The van der Waals surface area contributed by atoms with E-state index in [2.05, 4.69) is 9.97 Å². The van der Waals surface area contributed by atoms with Crippen LogP contribution in [0.5, 0.6) is 5.75 Å². The summed E-state index contributed by atoms with van der Waals surface area (Å²) in [7, 11) is 0. The molecule has 2 aromatic heterocycles. The summed E-state index contributed by atoms with van der Waals surface area (Å²) < 4.78 is 38.8. The predicted octanol–water partition coefficient (Wildman–Crippen LogP) is 1.59. The molecule has 2 N–H and O–H groups in total. The number of hydrogen-bond acceptors (Lipinski definition) is 6. The highest BCUT2D eigenvalue weighted by Crippen LogP contribution is 2.35. The van der Waals surface area contributed by atoms with Gasteiger partial charge in [-0.05, 0) is 0 Å². The van der Waals surface area contributed by atoms with Gasteiger partial charge in [-0.1, -0.05) is 6.92 Å². The Kier molecular flexibility index (Phi) is 4.81. The molecular formula is C18H19F2N5O4. The maximum Gasteiger partial charge on any atom is 0.416 e. The maximum atomic E-state index is 13.3. The number of carbonyl (C=O) groups excluding carboxylic acids is 2. The number of rotatable bonds is 5. The summed E-state index contributed by atoms with van der Waals surface area (Å²) in [4.78, 5) is 32.9. The average Bonchev–Trinajstić information content (AvgIpc) is 3.21. The summed E-state index contributed by atoms with van der Waals surface area (Å²) in [6, 6.07) is 0.332. The Labute approximate surface area is 164 Å². The lowest BCUT2D eigenvalue weighted by Gasteiger charge is -2.17. The Hall–Kier alpha value is -3.24. The first-order valence-corrected chi connectivity index (χ1v) is 9.08. The van der Waals surface area contributed by atoms with Gasteiger partial charge in [0.15, 0.2) is 5.82 Å². The topological polar surface area (TPSA) is 113 Å². The summed E-state index contributed by atoms with van der Waals surface area (Å²) >= 11 is 0. The lowest BCUT2D eigenvalue weighted by molar-refractivity contribution is -0.121. The number of halogens is 2. The Bertz CT molecular complexity index is 964. The molecule has 11 heteroatoms. The summed E-state index contributed by atoms with van der Waals surface area (Å²) in [5.74, 6) is 0.243. The van der Waals surface area contributed by atoms with Crippen LogP contribution in [0.25, 0.3) is 11.4 Å². The minimum atomic E-state index is -2.75. The Morgan fingerprint density at radius 1 is 1.41 bits per heavy atom. The van der Waals surface area contributed by atoms with Crippen molar-refractivity contribution in [2.45, 2.75) is 32.4 Å². The van der Waals surface area contributed by atoms with Crippen LogP contribution in [0.1, 0.15) is 12.6 Å². The number of pyridine rings is 1. The summed E-state index contributed by atoms with van der Waals surface area (Å²) in [6.07, 6.45) is -0.164. The van der Waals surface area contributed by atoms with Gasteiger partial charge in [0.2, 0.25) is 5.91 Å². The molecule has 0 aliphatic carbocycles. The lowest BCUT2D eigenvalue weighted by atomic mass is 10.0. The van der Waals surface area contributed by atoms with Crippen molar-refractivity contribution in [1.29, 1.82) is 0 Å². The van der Waals surface area contributed by atoms with Gasteiger partial charge in [-0.25, -0.2) is 23.5 Å². The van der Waals surface area contributed by atoms with Crippen LogP contribution in [0, 0.1) is 5.92 Å². The molecule has 4 heterocycles. The highest BCUT2D eigenvalue weighted by atomic mass is 19.3. The van der Waals surface area contributed by atoms with Crippen molar-refractivity contribution in [3.63, 3.8) is 0 Å². The molecule has 1 fully saturated rings. The second kappa shape index (κ2) is 7.30. The van der Waals surface area contributed by atoms with Crippen LogP contribution in [0.2, 0.25) is 0 Å². The van der Waals surface area contributed by atoms with Crippen LogP contribution in [0.4, 0.5) is 19.4 Å². The molecule has 9 nitrogen and oxygen atoms in total. The van der Waals surface area contributed by atoms with Gasteiger partial charge < -0.3 is 19.8 Å². The number of cyclic esters (lactones) is 1. The minimum Gasteiger partial charge on any atom is -0.491 e. The number of hydrogen-bond donors (Lipinski definition) is 1. The molecule has 0 saturated carbocycles. The number of carbonyl (C=O) groups is 2. The van der Waals surface area contributed by atoms with E-state index in [9.17, 15) is 18.4 Å². The van der Waals surface area contributed by atoms with E-state index in [0.717, 1.165) is 4.90 Å². The van der Waals surface area contributed by atoms with Crippen molar-refractivity contribution in [2.75, 3.05) is 18.1 Å². The number of nitrogens with two attached hydrogens (primary N) is 1. The van der Waals surface area contributed by atoms with Gasteiger partial charge in [-0.15, -0.1) is 0 Å². The molecular weight excluding hydrogens is 388 g/mol. The van der Waals surface area contributed by atoms with Crippen LogP contribution in [-0.2, 0) is 22.5 Å². The van der Waals surface area contributed by atoms with Gasteiger partial charge in [-0.2, -0.15) is 0 Å². The van der Waals surface area contributed by atoms with E-state index in [1.165, 1.54) is 6.20 Å². The Morgan fingerprint density at radius 2 is 2.21 bits per heavy atom. The molecule has 2 aromatic rings. The molecule has 154 valence electrons. The van der Waals surface area contributed by atoms with Crippen molar-refractivity contribution in [2.24, 2.45) is 11.7 Å². The highest BCUT2D eigenvalue weighted by Gasteiger charge is 2.42. The SMILES string of the molecule is C[C@H](Cc1cc2c(cn1)-c1nc(N3C(=O)OC[C@H]3C(F)F)cn1CCO2)C(N)=O. The molecule has 2 atom stereocenters. The molecule has 0 spiro atoms. The zero-order valence-corrected chi connectivity index (χ0v) is 15.5. The number of amides is 2. The molecule has 0 bridgehead atoms. The number of anilines is 1. The van der Waals surface area contributed by atoms with Gasteiger partial charge in [-0.3, -0.25) is 9.78 Å². The van der Waals surface area contributed by atoms with Crippen molar-refractivity contribution in [3.8, 4) is 17.1 Å². The summed E-state index contributed by atoms with van der Waals surface area (Å²) in [5.41, 5.74) is 6.50. The summed E-state index contributed by atoms with van der Waals surface area (Å²) in [5, 5.41) is 0. The third-order valence-corrected chi connectivity index (χ3v) is 4.96. The van der Waals surface area contributed by atoms with Crippen molar-refractivity contribution in [1.82, 2.24) is 14.5 Å². The fourth-order valence-corrected chi connectivity index (χ4v) is 3.33. The molecule has 0 unspecified atom stereocenters. The molecule has 4 rings (SSSR count). The first kappa shape index (κ1) is 19.1. The second-order valence-electron chi connectivity index (χ2n) is 6.99. The largest absolute Gasteiger partial charge is 0.491 e. The average molecular weight is 407 g/mol. The third kappa shape index (κ3) is 3.47. The predicted molar refractivity (Wildman–Crippen MR) is 96.6 cm³/mol. The number of ether oxygens (including phenoxy) is 2. The van der Waals surface area contributed by atoms with E-state index >= 15 is 0 Å². The Morgan fingerprint density at radius 3 is 2.93 bits per heavy atom. The molecule has 29 heavy (non-hydrogen) atoms. The number of nitrogens with zero attached hydrogens (tertiary/aromatic N) is 4. The van der Waals surface area contributed by atoms with E-state index in [1.807, 2.05) is 0 Å². The van der Waals surface area contributed by atoms with Crippen molar-refractivity contribution < 1.29 is 27.8 Å². The van der Waals surface area contributed by atoms with E-state index in [1.54, 1.807) is 23.8 Å². The molecule has 2 aliphatic rings. The summed E-state index contributed by atoms with van der Waals surface area (Å²) in [6.45, 7) is 2.05. The number of alkyl halides is 2. The second-order valence-corrected chi connectivity index (χ2v) is 6.99. The van der Waals surface area contributed by atoms with Gasteiger partial charge >= 0.3 is 6.09 Å². The Balaban J connectivity index is 1.68. The van der Waals surface area contributed by atoms with E-state index in [-0.39, 0.29) is 18.3 Å². The first-order chi connectivity index (χ1) is 13.8. The minimum absolute atomic E-state index is 0.0899. The molecule has 0 radical (unpaired) electrons. The fourth-order valence-electron chi connectivity index (χ4n) is 3.33. The van der Waals surface area contributed by atoms with Gasteiger partial charge in [0.1, 0.15) is 30.8 Å².